The first-order valence-electron chi connectivity index (χ1n) is 7.78. The first-order chi connectivity index (χ1) is 10.2. The molecule has 2 unspecified atom stereocenters. The van der Waals surface area contributed by atoms with Gasteiger partial charge >= 0.3 is 11.9 Å². The second-order valence-electron chi connectivity index (χ2n) is 5.46. The van der Waals surface area contributed by atoms with Crippen LogP contribution < -0.4 is 0 Å². The van der Waals surface area contributed by atoms with Gasteiger partial charge in [-0.3, -0.25) is 9.59 Å². The molecule has 0 aromatic carbocycles. The van der Waals surface area contributed by atoms with Crippen LogP contribution in [-0.2, 0) is 19.1 Å². The van der Waals surface area contributed by atoms with E-state index in [1.54, 1.807) is 0 Å². The van der Waals surface area contributed by atoms with Gasteiger partial charge in [-0.2, -0.15) is 23.5 Å². The van der Waals surface area contributed by atoms with Crippen molar-refractivity contribution in [3.05, 3.63) is 0 Å². The maximum Gasteiger partial charge on any atom is 0.306 e. The number of hydrogen-bond donors (Lipinski definition) is 0. The highest BCUT2D eigenvalue weighted by molar-refractivity contribution is 8.00. The Kier molecular flexibility index (Phi) is 7.78. The van der Waals surface area contributed by atoms with E-state index in [1.807, 2.05) is 23.5 Å². The third kappa shape index (κ3) is 6.96. The largest absolute Gasteiger partial charge is 0.462 e. The van der Waals surface area contributed by atoms with Crippen molar-refractivity contribution >= 4 is 35.5 Å². The summed E-state index contributed by atoms with van der Waals surface area (Å²) in [5, 5.41) is 0. The fraction of sp³-hybridized carbons (Fsp3) is 0.867. The van der Waals surface area contributed by atoms with Crippen molar-refractivity contribution in [2.75, 3.05) is 23.0 Å². The molecule has 0 amide bonds. The van der Waals surface area contributed by atoms with Crippen LogP contribution in [0.2, 0.25) is 0 Å². The Morgan fingerprint density at radius 2 is 1.29 bits per heavy atom. The minimum atomic E-state index is -0.0330. The lowest BCUT2D eigenvalue weighted by Gasteiger charge is -2.09. The molecule has 6 heteroatoms. The molecule has 2 atom stereocenters. The standard InChI is InChI=1S/C15H24O4S2/c16-14-4-2-12(18-14)6-10-20-8-1-9-21-11-7-13-3-5-15(17)19-13/h12-13H,1-11H2. The maximum absolute atomic E-state index is 10.9. The van der Waals surface area contributed by atoms with Crippen LogP contribution in [-0.4, -0.2) is 47.2 Å². The van der Waals surface area contributed by atoms with Crippen molar-refractivity contribution in [1.29, 1.82) is 0 Å². The molecule has 0 aromatic rings. The highest BCUT2D eigenvalue weighted by Crippen LogP contribution is 2.21. The van der Waals surface area contributed by atoms with Gasteiger partial charge in [0.1, 0.15) is 12.2 Å². The lowest BCUT2D eigenvalue weighted by atomic mass is 10.2. The van der Waals surface area contributed by atoms with Crippen LogP contribution in [0.15, 0.2) is 0 Å². The number of hydrogen-bond acceptors (Lipinski definition) is 6. The smallest absolute Gasteiger partial charge is 0.306 e. The van der Waals surface area contributed by atoms with Gasteiger partial charge in [-0.05, 0) is 55.1 Å². The van der Waals surface area contributed by atoms with Crippen molar-refractivity contribution in [3.8, 4) is 0 Å². The van der Waals surface area contributed by atoms with E-state index in [1.165, 1.54) is 17.9 Å². The molecule has 2 fully saturated rings. The van der Waals surface area contributed by atoms with Crippen LogP contribution in [0.3, 0.4) is 0 Å². The molecular weight excluding hydrogens is 308 g/mol. The van der Waals surface area contributed by atoms with Crippen molar-refractivity contribution in [3.63, 3.8) is 0 Å². The normalized spacial score (nSPS) is 25.1. The Balaban J connectivity index is 1.32. The van der Waals surface area contributed by atoms with Crippen molar-refractivity contribution < 1.29 is 19.1 Å². The van der Waals surface area contributed by atoms with E-state index in [0.29, 0.717) is 12.8 Å². The summed E-state index contributed by atoms with van der Waals surface area (Å²) in [4.78, 5) is 21.9. The summed E-state index contributed by atoms with van der Waals surface area (Å²) in [5.41, 5.74) is 0. The molecule has 2 saturated heterocycles. The van der Waals surface area contributed by atoms with Gasteiger partial charge in [-0.15, -0.1) is 0 Å². The number of carbonyl (C=O) groups excluding carboxylic acids is 2. The van der Waals surface area contributed by atoms with Crippen molar-refractivity contribution in [2.45, 2.75) is 57.2 Å². The van der Waals surface area contributed by atoms with Crippen LogP contribution in [0, 0.1) is 0 Å². The zero-order valence-corrected chi connectivity index (χ0v) is 14.0. The van der Waals surface area contributed by atoms with E-state index >= 15 is 0 Å². The highest BCUT2D eigenvalue weighted by Gasteiger charge is 2.23. The lowest BCUT2D eigenvalue weighted by molar-refractivity contribution is -0.142. The molecule has 0 aromatic heterocycles. The number of carbonyl (C=O) groups is 2. The average Bonchev–Trinajstić information content (AvgIpc) is 3.06. The molecule has 2 heterocycles. The Hall–Kier alpha value is -0.360. The van der Waals surface area contributed by atoms with Gasteiger partial charge in [0.15, 0.2) is 0 Å². The molecule has 2 rings (SSSR count). The number of esters is 2. The van der Waals surface area contributed by atoms with Crippen LogP contribution in [0.5, 0.6) is 0 Å². The monoisotopic (exact) mass is 332 g/mol. The summed E-state index contributed by atoms with van der Waals surface area (Å²) in [6.07, 6.45) is 6.56. The third-order valence-electron chi connectivity index (χ3n) is 3.68. The quantitative estimate of drug-likeness (QED) is 0.453. The summed E-state index contributed by atoms with van der Waals surface area (Å²) >= 11 is 3.90. The van der Waals surface area contributed by atoms with E-state index in [-0.39, 0.29) is 24.1 Å². The van der Waals surface area contributed by atoms with Gasteiger partial charge < -0.3 is 9.47 Å². The van der Waals surface area contributed by atoms with E-state index in [0.717, 1.165) is 37.2 Å². The molecule has 0 aliphatic carbocycles. The van der Waals surface area contributed by atoms with Gasteiger partial charge in [-0.1, -0.05) is 0 Å². The zero-order valence-electron chi connectivity index (χ0n) is 12.4. The lowest BCUT2D eigenvalue weighted by Crippen LogP contribution is -2.08. The maximum atomic E-state index is 10.9. The topological polar surface area (TPSA) is 52.6 Å². The molecule has 120 valence electrons. The van der Waals surface area contributed by atoms with Crippen LogP contribution in [0.1, 0.15) is 44.9 Å². The van der Waals surface area contributed by atoms with Crippen molar-refractivity contribution in [1.82, 2.24) is 0 Å². The molecular formula is C15H24O4S2. The number of cyclic esters (lactones) is 2. The van der Waals surface area contributed by atoms with Gasteiger partial charge in [0, 0.05) is 12.8 Å². The number of ether oxygens (including phenoxy) is 2. The predicted molar refractivity (Wildman–Crippen MR) is 86.7 cm³/mol. The Morgan fingerprint density at radius 1 is 0.810 bits per heavy atom. The molecule has 4 nitrogen and oxygen atoms in total. The first kappa shape index (κ1) is 17.0. The van der Waals surface area contributed by atoms with Gasteiger partial charge in [-0.25, -0.2) is 0 Å². The molecule has 0 saturated carbocycles. The fourth-order valence-electron chi connectivity index (χ4n) is 2.47. The number of rotatable bonds is 10. The molecule has 0 N–H and O–H groups in total. The van der Waals surface area contributed by atoms with E-state index in [9.17, 15) is 9.59 Å². The van der Waals surface area contributed by atoms with Gasteiger partial charge in [0.2, 0.25) is 0 Å². The Morgan fingerprint density at radius 3 is 1.67 bits per heavy atom. The summed E-state index contributed by atoms with van der Waals surface area (Å²) in [6, 6.07) is 0. The fourth-order valence-corrected chi connectivity index (χ4v) is 4.62. The summed E-state index contributed by atoms with van der Waals surface area (Å²) < 4.78 is 10.4. The van der Waals surface area contributed by atoms with E-state index < -0.39 is 0 Å². The Bertz CT molecular complexity index is 317. The van der Waals surface area contributed by atoms with E-state index in [2.05, 4.69) is 0 Å². The first-order valence-corrected chi connectivity index (χ1v) is 10.1. The summed E-state index contributed by atoms with van der Waals surface area (Å²) in [6.45, 7) is 0. The van der Waals surface area contributed by atoms with Gasteiger partial charge in [0.25, 0.3) is 0 Å². The minimum absolute atomic E-state index is 0.0330. The van der Waals surface area contributed by atoms with Crippen LogP contribution >= 0.6 is 23.5 Å². The van der Waals surface area contributed by atoms with E-state index in [4.69, 9.17) is 9.47 Å². The van der Waals surface area contributed by atoms with Crippen molar-refractivity contribution in [2.24, 2.45) is 0 Å². The summed E-state index contributed by atoms with van der Waals surface area (Å²) in [7, 11) is 0. The SMILES string of the molecule is O=C1CCC(CCSCCCSCCC2CCC(=O)O2)O1. The second kappa shape index (κ2) is 9.62. The average molecular weight is 332 g/mol. The van der Waals surface area contributed by atoms with Gasteiger partial charge in [0.05, 0.1) is 0 Å². The molecule has 0 spiro atoms. The number of thioether (sulfide) groups is 2. The molecule has 21 heavy (non-hydrogen) atoms. The molecule has 0 radical (unpaired) electrons. The molecule has 2 aliphatic heterocycles. The molecule has 0 bridgehead atoms. The molecule has 2 aliphatic rings. The zero-order chi connectivity index (χ0) is 14.9. The minimum Gasteiger partial charge on any atom is -0.462 e. The van der Waals surface area contributed by atoms with Crippen LogP contribution in [0.4, 0.5) is 0 Å². The second-order valence-corrected chi connectivity index (χ2v) is 7.91. The summed E-state index contributed by atoms with van der Waals surface area (Å²) in [5.74, 6) is 4.45. The Labute approximate surface area is 135 Å². The highest BCUT2D eigenvalue weighted by atomic mass is 32.2. The third-order valence-corrected chi connectivity index (χ3v) is 5.89. The van der Waals surface area contributed by atoms with Crippen LogP contribution in [0.25, 0.3) is 0 Å². The predicted octanol–water partition coefficient (Wildman–Crippen LogP) is 3.03.